The van der Waals surface area contributed by atoms with Gasteiger partial charge >= 0.3 is 0 Å². The molecule has 118 valence electrons. The molecule has 0 radical (unpaired) electrons. The SMILES string of the molecule is CCN(CC)c1ccc(NC(=O)CSc2n[nH]c(C)n2)cc1. The first-order chi connectivity index (χ1) is 10.6. The number of H-pyrrole nitrogens is 1. The number of aromatic amines is 1. The van der Waals surface area contributed by atoms with E-state index in [1.54, 1.807) is 0 Å². The Balaban J connectivity index is 1.86. The zero-order valence-corrected chi connectivity index (χ0v) is 13.9. The fourth-order valence-electron chi connectivity index (χ4n) is 2.06. The van der Waals surface area contributed by atoms with Crippen LogP contribution in [0.2, 0.25) is 0 Å². The molecule has 2 aromatic rings. The van der Waals surface area contributed by atoms with E-state index in [1.807, 2.05) is 31.2 Å². The molecule has 0 atom stereocenters. The Labute approximate surface area is 134 Å². The lowest BCUT2D eigenvalue weighted by Gasteiger charge is -2.21. The van der Waals surface area contributed by atoms with E-state index in [1.165, 1.54) is 11.8 Å². The molecule has 0 aliphatic rings. The summed E-state index contributed by atoms with van der Waals surface area (Å²) in [5.74, 6) is 0.965. The van der Waals surface area contributed by atoms with Gasteiger partial charge in [0, 0.05) is 24.5 Å². The Hall–Kier alpha value is -2.02. The molecule has 2 rings (SSSR count). The molecule has 2 N–H and O–H groups in total. The molecule has 0 saturated heterocycles. The van der Waals surface area contributed by atoms with Crippen LogP contribution in [0, 0.1) is 6.92 Å². The van der Waals surface area contributed by atoms with Crippen LogP contribution in [0.25, 0.3) is 0 Å². The van der Waals surface area contributed by atoms with E-state index < -0.39 is 0 Å². The molecule has 0 spiro atoms. The number of aryl methyl sites for hydroxylation is 1. The number of aromatic nitrogens is 3. The van der Waals surface area contributed by atoms with E-state index >= 15 is 0 Å². The summed E-state index contributed by atoms with van der Waals surface area (Å²) in [5, 5.41) is 10.2. The summed E-state index contributed by atoms with van der Waals surface area (Å²) in [6.07, 6.45) is 0. The molecule has 1 heterocycles. The highest BCUT2D eigenvalue weighted by Crippen LogP contribution is 2.18. The van der Waals surface area contributed by atoms with Crippen molar-refractivity contribution in [3.63, 3.8) is 0 Å². The van der Waals surface area contributed by atoms with Gasteiger partial charge in [0.2, 0.25) is 11.1 Å². The van der Waals surface area contributed by atoms with Gasteiger partial charge in [0.25, 0.3) is 0 Å². The average molecular weight is 319 g/mol. The van der Waals surface area contributed by atoms with Crippen molar-refractivity contribution in [3.8, 4) is 0 Å². The Bertz CT molecular complexity index is 607. The summed E-state index contributed by atoms with van der Waals surface area (Å²) in [5.41, 5.74) is 1.96. The van der Waals surface area contributed by atoms with Crippen LogP contribution in [0.1, 0.15) is 19.7 Å². The summed E-state index contributed by atoms with van der Waals surface area (Å²) in [6, 6.07) is 7.89. The average Bonchev–Trinajstić information content (AvgIpc) is 2.94. The first-order valence-corrected chi connectivity index (χ1v) is 8.27. The number of thioether (sulfide) groups is 1. The third-order valence-electron chi connectivity index (χ3n) is 3.19. The molecule has 0 unspecified atom stereocenters. The maximum Gasteiger partial charge on any atom is 0.234 e. The lowest BCUT2D eigenvalue weighted by atomic mass is 10.2. The van der Waals surface area contributed by atoms with Crippen LogP contribution in [-0.4, -0.2) is 39.9 Å². The minimum Gasteiger partial charge on any atom is -0.372 e. The smallest absolute Gasteiger partial charge is 0.234 e. The molecule has 0 aliphatic heterocycles. The number of anilines is 2. The molecular weight excluding hydrogens is 298 g/mol. The maximum absolute atomic E-state index is 11.9. The van der Waals surface area contributed by atoms with Gasteiger partial charge in [0.1, 0.15) is 5.82 Å². The van der Waals surface area contributed by atoms with Gasteiger partial charge in [-0.25, -0.2) is 4.98 Å². The van der Waals surface area contributed by atoms with E-state index in [0.717, 1.165) is 30.3 Å². The van der Waals surface area contributed by atoms with Crippen molar-refractivity contribution in [1.29, 1.82) is 0 Å². The zero-order valence-electron chi connectivity index (χ0n) is 13.1. The van der Waals surface area contributed by atoms with Gasteiger partial charge < -0.3 is 10.2 Å². The Morgan fingerprint density at radius 1 is 1.27 bits per heavy atom. The lowest BCUT2D eigenvalue weighted by molar-refractivity contribution is -0.113. The van der Waals surface area contributed by atoms with E-state index in [0.29, 0.717) is 5.16 Å². The quantitative estimate of drug-likeness (QED) is 0.768. The van der Waals surface area contributed by atoms with Crippen LogP contribution in [-0.2, 0) is 4.79 Å². The van der Waals surface area contributed by atoms with Crippen LogP contribution in [0.15, 0.2) is 29.4 Å². The second-order valence-electron chi connectivity index (χ2n) is 4.76. The topological polar surface area (TPSA) is 73.9 Å². The summed E-state index contributed by atoms with van der Waals surface area (Å²) in [7, 11) is 0. The minimum absolute atomic E-state index is 0.0666. The van der Waals surface area contributed by atoms with Gasteiger partial charge in [-0.15, -0.1) is 5.10 Å². The Morgan fingerprint density at radius 2 is 1.95 bits per heavy atom. The Kier molecular flexibility index (Phi) is 5.83. The maximum atomic E-state index is 11.9. The van der Waals surface area contributed by atoms with Gasteiger partial charge in [-0.3, -0.25) is 9.89 Å². The molecule has 7 heteroatoms. The van der Waals surface area contributed by atoms with Crippen LogP contribution in [0.3, 0.4) is 0 Å². The highest BCUT2D eigenvalue weighted by Gasteiger charge is 2.07. The third kappa shape index (κ3) is 4.49. The molecule has 0 fully saturated rings. The molecule has 1 aromatic carbocycles. The van der Waals surface area contributed by atoms with Crippen molar-refractivity contribution in [2.24, 2.45) is 0 Å². The standard InChI is InChI=1S/C15H21N5OS/c1-4-20(5-2)13-8-6-12(7-9-13)17-14(21)10-22-15-16-11(3)18-19-15/h6-9H,4-5,10H2,1-3H3,(H,17,21)(H,16,18,19). The zero-order chi connectivity index (χ0) is 15.9. The number of nitrogens with one attached hydrogen (secondary N) is 2. The summed E-state index contributed by atoms with van der Waals surface area (Å²) in [6.45, 7) is 8.01. The van der Waals surface area contributed by atoms with Crippen LogP contribution >= 0.6 is 11.8 Å². The van der Waals surface area contributed by atoms with Gasteiger partial charge in [-0.1, -0.05) is 11.8 Å². The van der Waals surface area contributed by atoms with Crippen LogP contribution in [0.5, 0.6) is 0 Å². The first kappa shape index (κ1) is 16.4. The predicted octanol–water partition coefficient (Wildman–Crippen LogP) is 2.69. The highest BCUT2D eigenvalue weighted by atomic mass is 32.2. The monoisotopic (exact) mass is 319 g/mol. The number of carbonyl (C=O) groups excluding carboxylic acids is 1. The number of carbonyl (C=O) groups is 1. The van der Waals surface area contributed by atoms with E-state index in [2.05, 4.69) is 39.2 Å². The number of hydrogen-bond acceptors (Lipinski definition) is 5. The van der Waals surface area contributed by atoms with Gasteiger partial charge in [-0.2, -0.15) is 0 Å². The van der Waals surface area contributed by atoms with Gasteiger partial charge in [0.15, 0.2) is 0 Å². The van der Waals surface area contributed by atoms with Crippen molar-refractivity contribution in [1.82, 2.24) is 15.2 Å². The second-order valence-corrected chi connectivity index (χ2v) is 5.70. The predicted molar refractivity (Wildman–Crippen MR) is 90.5 cm³/mol. The van der Waals surface area contributed by atoms with Gasteiger partial charge in [0.05, 0.1) is 5.75 Å². The Morgan fingerprint density at radius 3 is 2.50 bits per heavy atom. The molecule has 0 saturated carbocycles. The van der Waals surface area contributed by atoms with Crippen LogP contribution in [0.4, 0.5) is 11.4 Å². The van der Waals surface area contributed by atoms with Crippen LogP contribution < -0.4 is 10.2 Å². The van der Waals surface area contributed by atoms with Gasteiger partial charge in [-0.05, 0) is 45.0 Å². The van der Waals surface area contributed by atoms with Crippen molar-refractivity contribution >= 4 is 29.0 Å². The fraction of sp³-hybridized carbons (Fsp3) is 0.400. The third-order valence-corrected chi connectivity index (χ3v) is 4.04. The minimum atomic E-state index is -0.0666. The summed E-state index contributed by atoms with van der Waals surface area (Å²) >= 11 is 1.31. The number of benzene rings is 1. The number of hydrogen-bond donors (Lipinski definition) is 2. The number of amides is 1. The fourth-order valence-corrected chi connectivity index (χ4v) is 2.70. The molecule has 6 nitrogen and oxygen atoms in total. The summed E-state index contributed by atoms with van der Waals surface area (Å²) < 4.78 is 0. The normalized spacial score (nSPS) is 10.5. The van der Waals surface area contributed by atoms with Crippen molar-refractivity contribution in [3.05, 3.63) is 30.1 Å². The summed E-state index contributed by atoms with van der Waals surface area (Å²) in [4.78, 5) is 18.3. The molecule has 0 bridgehead atoms. The van der Waals surface area contributed by atoms with Crippen molar-refractivity contribution in [2.75, 3.05) is 29.1 Å². The van der Waals surface area contributed by atoms with E-state index in [9.17, 15) is 4.79 Å². The number of nitrogens with zero attached hydrogens (tertiary/aromatic N) is 3. The van der Waals surface area contributed by atoms with Crippen molar-refractivity contribution in [2.45, 2.75) is 25.9 Å². The van der Waals surface area contributed by atoms with E-state index in [-0.39, 0.29) is 11.7 Å². The molecule has 0 aliphatic carbocycles. The van der Waals surface area contributed by atoms with Crippen molar-refractivity contribution < 1.29 is 4.79 Å². The lowest BCUT2D eigenvalue weighted by Crippen LogP contribution is -2.21. The number of rotatable bonds is 7. The highest BCUT2D eigenvalue weighted by molar-refractivity contribution is 7.99. The molecular formula is C15H21N5OS. The molecule has 22 heavy (non-hydrogen) atoms. The molecule has 1 amide bonds. The first-order valence-electron chi connectivity index (χ1n) is 7.29. The van der Waals surface area contributed by atoms with E-state index in [4.69, 9.17) is 0 Å². The molecule has 1 aromatic heterocycles. The second kappa shape index (κ2) is 7.84. The largest absolute Gasteiger partial charge is 0.372 e.